The molecule has 0 bridgehead atoms. The zero-order valence-corrected chi connectivity index (χ0v) is 20.6. The van der Waals surface area contributed by atoms with Gasteiger partial charge in [-0.15, -0.1) is 0 Å². The van der Waals surface area contributed by atoms with Crippen molar-refractivity contribution >= 4 is 23.1 Å². The quantitative estimate of drug-likeness (QED) is 0.308. The van der Waals surface area contributed by atoms with Crippen molar-refractivity contribution in [2.24, 2.45) is 0 Å². The van der Waals surface area contributed by atoms with Crippen LogP contribution in [0.15, 0.2) is 0 Å². The second-order valence-electron chi connectivity index (χ2n) is 7.87. The van der Waals surface area contributed by atoms with Crippen LogP contribution in [0.4, 0.5) is 0 Å². The van der Waals surface area contributed by atoms with Crippen molar-refractivity contribution in [3.05, 3.63) is 0 Å². The van der Waals surface area contributed by atoms with Crippen LogP contribution >= 0.6 is 0 Å². The van der Waals surface area contributed by atoms with Crippen LogP contribution in [0, 0.1) is 0 Å². The molecule has 0 aromatic rings. The SMILES string of the molecule is CO[Si](CCCNCC(O[Si](C(C)C)(C(C)C)C(C)C)C(=O)O)(OC)OC. The largest absolute Gasteiger partial charge is 0.500 e. The third-order valence-electron chi connectivity index (χ3n) is 5.43. The number of carboxylic acid groups (broad SMARTS) is 1. The molecule has 0 amide bonds. The fourth-order valence-electron chi connectivity index (χ4n) is 4.05. The molecule has 0 saturated heterocycles. The maximum Gasteiger partial charge on any atom is 0.500 e. The molecule has 0 aliphatic heterocycles. The van der Waals surface area contributed by atoms with Gasteiger partial charge >= 0.3 is 14.8 Å². The molecule has 0 rings (SSSR count). The summed E-state index contributed by atoms with van der Waals surface area (Å²) in [6.07, 6.45) is -0.0620. The summed E-state index contributed by atoms with van der Waals surface area (Å²) in [5.74, 6) is -0.907. The molecule has 7 nitrogen and oxygen atoms in total. The highest BCUT2D eigenvalue weighted by atomic mass is 28.4. The number of hydrogen-bond donors (Lipinski definition) is 2. The lowest BCUT2D eigenvalue weighted by Crippen LogP contribution is -2.53. The standard InChI is InChI=1S/C18H41NO6Si2/c1-14(2)27(15(3)4,16(5)6)25-17(18(20)21)13-19-11-10-12-26(22-7,23-8)24-9/h14-17,19H,10-13H2,1-9H3,(H,20,21). The van der Waals surface area contributed by atoms with Gasteiger partial charge in [0, 0.05) is 33.9 Å². The Balaban J connectivity index is 4.85. The summed E-state index contributed by atoms with van der Waals surface area (Å²) in [7, 11) is -0.0467. The lowest BCUT2D eigenvalue weighted by Gasteiger charge is -2.43. The monoisotopic (exact) mass is 423 g/mol. The first kappa shape index (κ1) is 26.7. The molecule has 0 heterocycles. The molecule has 0 fully saturated rings. The van der Waals surface area contributed by atoms with E-state index in [9.17, 15) is 9.90 Å². The Morgan fingerprint density at radius 3 is 1.70 bits per heavy atom. The fraction of sp³-hybridized carbons (Fsp3) is 0.944. The normalized spacial score (nSPS) is 14.4. The number of carbonyl (C=O) groups is 1. The third kappa shape index (κ3) is 7.23. The minimum atomic E-state index is -2.58. The molecule has 162 valence electrons. The maximum atomic E-state index is 11.8. The fourth-order valence-corrected chi connectivity index (χ4v) is 11.3. The summed E-state index contributed by atoms with van der Waals surface area (Å²) >= 11 is 0. The highest BCUT2D eigenvalue weighted by Crippen LogP contribution is 2.42. The van der Waals surface area contributed by atoms with E-state index in [1.807, 2.05) is 0 Å². The topological polar surface area (TPSA) is 86.3 Å². The van der Waals surface area contributed by atoms with Gasteiger partial charge in [0.1, 0.15) is 0 Å². The van der Waals surface area contributed by atoms with E-state index >= 15 is 0 Å². The van der Waals surface area contributed by atoms with E-state index in [-0.39, 0.29) is 6.54 Å². The van der Waals surface area contributed by atoms with Gasteiger partial charge in [-0.2, -0.15) is 0 Å². The van der Waals surface area contributed by atoms with E-state index < -0.39 is 29.2 Å². The molecule has 0 aliphatic carbocycles. The van der Waals surface area contributed by atoms with E-state index in [2.05, 4.69) is 46.9 Å². The number of carboxylic acids is 1. The summed E-state index contributed by atoms with van der Waals surface area (Å²) in [4.78, 5) is 11.8. The summed E-state index contributed by atoms with van der Waals surface area (Å²) < 4.78 is 22.6. The molecular formula is C18H41NO6Si2. The smallest absolute Gasteiger partial charge is 0.479 e. The lowest BCUT2D eigenvalue weighted by atomic mass is 10.3. The molecule has 0 aromatic heterocycles. The number of hydrogen-bond acceptors (Lipinski definition) is 6. The van der Waals surface area contributed by atoms with Crippen LogP contribution in [0.2, 0.25) is 22.7 Å². The van der Waals surface area contributed by atoms with Gasteiger partial charge in [0.25, 0.3) is 0 Å². The minimum Gasteiger partial charge on any atom is -0.479 e. The molecule has 27 heavy (non-hydrogen) atoms. The van der Waals surface area contributed by atoms with E-state index in [0.29, 0.717) is 29.2 Å². The molecule has 0 aromatic carbocycles. The van der Waals surface area contributed by atoms with Crippen LogP contribution in [0.5, 0.6) is 0 Å². The number of nitrogens with one attached hydrogen (secondary N) is 1. The molecule has 9 heteroatoms. The van der Waals surface area contributed by atoms with Gasteiger partial charge in [0.05, 0.1) is 0 Å². The van der Waals surface area contributed by atoms with Crippen molar-refractivity contribution in [2.75, 3.05) is 34.4 Å². The predicted molar refractivity (Wildman–Crippen MR) is 113 cm³/mol. The van der Waals surface area contributed by atoms with Crippen LogP contribution in [0.25, 0.3) is 0 Å². The third-order valence-corrected chi connectivity index (χ3v) is 14.4. The van der Waals surface area contributed by atoms with Crippen molar-refractivity contribution in [3.63, 3.8) is 0 Å². The molecule has 0 radical (unpaired) electrons. The van der Waals surface area contributed by atoms with E-state index in [4.69, 9.17) is 17.7 Å². The lowest BCUT2D eigenvalue weighted by molar-refractivity contribution is -0.145. The number of aliphatic carboxylic acids is 1. The molecule has 0 saturated carbocycles. The first-order chi connectivity index (χ1) is 12.5. The zero-order valence-electron chi connectivity index (χ0n) is 18.6. The van der Waals surface area contributed by atoms with Gasteiger partial charge < -0.3 is 28.1 Å². The van der Waals surface area contributed by atoms with Crippen LogP contribution in [0.1, 0.15) is 48.0 Å². The van der Waals surface area contributed by atoms with Gasteiger partial charge in [-0.1, -0.05) is 41.5 Å². The van der Waals surface area contributed by atoms with Gasteiger partial charge in [-0.05, 0) is 29.6 Å². The van der Waals surface area contributed by atoms with Gasteiger partial charge in [-0.3, -0.25) is 0 Å². The Hall–Kier alpha value is -0.296. The Morgan fingerprint density at radius 2 is 1.37 bits per heavy atom. The Kier molecular flexibility index (Phi) is 12.2. The van der Waals surface area contributed by atoms with Crippen molar-refractivity contribution in [3.8, 4) is 0 Å². The Morgan fingerprint density at radius 1 is 0.926 bits per heavy atom. The highest BCUT2D eigenvalue weighted by Gasteiger charge is 2.47. The molecule has 1 atom stereocenters. The average molecular weight is 424 g/mol. The van der Waals surface area contributed by atoms with E-state index in [1.54, 1.807) is 21.3 Å². The summed E-state index contributed by atoms with van der Waals surface area (Å²) in [6.45, 7) is 13.9. The van der Waals surface area contributed by atoms with Crippen molar-refractivity contribution in [2.45, 2.75) is 76.7 Å². The summed E-state index contributed by atoms with van der Waals surface area (Å²) in [6, 6.07) is 0.671. The minimum absolute atomic E-state index is 0.289. The summed E-state index contributed by atoms with van der Waals surface area (Å²) in [5, 5.41) is 12.9. The first-order valence-corrected chi connectivity index (χ1v) is 13.9. The van der Waals surface area contributed by atoms with Crippen molar-refractivity contribution in [1.29, 1.82) is 0 Å². The molecular weight excluding hydrogens is 382 g/mol. The molecule has 1 unspecified atom stereocenters. The predicted octanol–water partition coefficient (Wildman–Crippen LogP) is 3.49. The highest BCUT2D eigenvalue weighted by molar-refractivity contribution is 6.77. The number of rotatable bonds is 15. The molecule has 0 spiro atoms. The van der Waals surface area contributed by atoms with Gasteiger partial charge in [0.2, 0.25) is 8.32 Å². The van der Waals surface area contributed by atoms with Crippen molar-refractivity contribution in [1.82, 2.24) is 5.32 Å². The Labute approximate surface area is 167 Å². The van der Waals surface area contributed by atoms with Gasteiger partial charge in [-0.25, -0.2) is 4.79 Å². The van der Waals surface area contributed by atoms with E-state index in [1.165, 1.54) is 0 Å². The van der Waals surface area contributed by atoms with Crippen LogP contribution in [-0.4, -0.2) is 68.7 Å². The Bertz CT molecular complexity index is 400. The second kappa shape index (κ2) is 12.3. The maximum absolute atomic E-state index is 11.8. The average Bonchev–Trinajstić information content (AvgIpc) is 2.60. The first-order valence-electron chi connectivity index (χ1n) is 9.79. The van der Waals surface area contributed by atoms with E-state index in [0.717, 1.165) is 6.42 Å². The van der Waals surface area contributed by atoms with Crippen LogP contribution < -0.4 is 5.32 Å². The van der Waals surface area contributed by atoms with Crippen LogP contribution in [0.3, 0.4) is 0 Å². The van der Waals surface area contributed by atoms with Gasteiger partial charge in [0.15, 0.2) is 6.10 Å². The second-order valence-corrected chi connectivity index (χ2v) is 16.4. The van der Waals surface area contributed by atoms with Crippen LogP contribution in [-0.2, 0) is 22.5 Å². The molecule has 2 N–H and O–H groups in total. The van der Waals surface area contributed by atoms with Crippen molar-refractivity contribution < 1.29 is 27.6 Å². The molecule has 0 aliphatic rings. The summed E-state index contributed by atoms with van der Waals surface area (Å²) in [5.41, 5.74) is 1.03. The zero-order chi connectivity index (χ0) is 21.3.